The molecule has 0 saturated carbocycles. The zero-order chi connectivity index (χ0) is 15.2. The third kappa shape index (κ3) is 5.27. The number of hydrogen-bond donors (Lipinski definition) is 2. The fourth-order valence-electron chi connectivity index (χ4n) is 1.36. The van der Waals surface area contributed by atoms with Crippen LogP contribution in [0.25, 0.3) is 0 Å². The number of halogens is 3. The van der Waals surface area contributed by atoms with E-state index in [1.165, 1.54) is 0 Å². The first-order chi connectivity index (χ1) is 9.38. The summed E-state index contributed by atoms with van der Waals surface area (Å²) in [5.74, 6) is -0.860. The number of hydrogen-bond acceptors (Lipinski definition) is 4. The van der Waals surface area contributed by atoms with E-state index in [-0.39, 0.29) is 11.6 Å². The second-order valence-electron chi connectivity index (χ2n) is 3.84. The van der Waals surface area contributed by atoms with Gasteiger partial charge in [0, 0.05) is 31.2 Å². The van der Waals surface area contributed by atoms with Crippen LogP contribution in [0, 0.1) is 5.82 Å². The largest absolute Gasteiger partial charge is 0.383 e. The molecule has 1 aromatic carbocycles. The Morgan fingerprint density at radius 1 is 1.35 bits per heavy atom. The smallest absolute Gasteiger partial charge is 0.243 e. The molecule has 1 aromatic rings. The second-order valence-corrected chi connectivity index (χ2v) is 6.83. The van der Waals surface area contributed by atoms with Crippen LogP contribution in [0.1, 0.15) is 0 Å². The molecule has 0 amide bonds. The van der Waals surface area contributed by atoms with Crippen molar-refractivity contribution in [1.29, 1.82) is 0 Å². The summed E-state index contributed by atoms with van der Waals surface area (Å²) in [4.78, 5) is -0.470. The van der Waals surface area contributed by atoms with E-state index in [9.17, 15) is 12.8 Å². The molecule has 0 fully saturated rings. The van der Waals surface area contributed by atoms with Gasteiger partial charge in [0.05, 0.1) is 11.6 Å². The Labute approximate surface area is 131 Å². The van der Waals surface area contributed by atoms with E-state index in [2.05, 4.69) is 26.0 Å². The molecule has 0 aromatic heterocycles. The lowest BCUT2D eigenvalue weighted by molar-refractivity contribution is 0.199. The highest BCUT2D eigenvalue weighted by atomic mass is 79.9. The molecule has 0 aliphatic heterocycles. The zero-order valence-corrected chi connectivity index (χ0v) is 13.9. The Kier molecular flexibility index (Phi) is 7.35. The average molecular weight is 390 g/mol. The molecule has 5 nitrogen and oxygen atoms in total. The SMILES string of the molecule is COCCNCCNS(=O)(=O)c1cc(Cl)c(Br)cc1F. The standard InChI is InChI=1S/C11H15BrClFN2O3S/c1-19-5-4-15-2-3-16-20(17,18)11-7-9(13)8(12)6-10(11)14/h6-7,15-16H,2-5H2,1H3. The number of methoxy groups -OCH3 is 1. The summed E-state index contributed by atoms with van der Waals surface area (Å²) in [7, 11) is -2.35. The van der Waals surface area contributed by atoms with Crippen molar-refractivity contribution in [3.05, 3.63) is 27.4 Å². The van der Waals surface area contributed by atoms with Gasteiger partial charge in [-0.3, -0.25) is 0 Å². The molecule has 9 heteroatoms. The summed E-state index contributed by atoms with van der Waals surface area (Å²) in [5, 5.41) is 3.10. The third-order valence-corrected chi connectivity index (χ3v) is 5.01. The Balaban J connectivity index is 2.63. The maximum Gasteiger partial charge on any atom is 0.243 e. The third-order valence-electron chi connectivity index (χ3n) is 2.34. The number of rotatable bonds is 8. The van der Waals surface area contributed by atoms with Crippen molar-refractivity contribution in [2.45, 2.75) is 4.90 Å². The molecule has 0 aliphatic rings. The number of sulfonamides is 1. The van der Waals surface area contributed by atoms with Gasteiger partial charge < -0.3 is 10.1 Å². The first-order valence-corrected chi connectivity index (χ1v) is 8.37. The Morgan fingerprint density at radius 2 is 2.05 bits per heavy atom. The van der Waals surface area contributed by atoms with E-state index in [1.54, 1.807) is 7.11 Å². The molecule has 0 aliphatic carbocycles. The molecule has 0 spiro atoms. The minimum Gasteiger partial charge on any atom is -0.383 e. The molecule has 20 heavy (non-hydrogen) atoms. The molecule has 0 atom stereocenters. The van der Waals surface area contributed by atoms with Crippen LogP contribution < -0.4 is 10.0 Å². The van der Waals surface area contributed by atoms with Gasteiger partial charge in [0.25, 0.3) is 0 Å². The van der Waals surface area contributed by atoms with Crippen molar-refractivity contribution in [2.75, 3.05) is 33.4 Å². The quantitative estimate of drug-likeness (QED) is 0.525. The zero-order valence-electron chi connectivity index (χ0n) is 10.8. The highest BCUT2D eigenvalue weighted by Gasteiger charge is 2.20. The van der Waals surface area contributed by atoms with Crippen molar-refractivity contribution in [3.8, 4) is 0 Å². The normalized spacial score (nSPS) is 11.8. The van der Waals surface area contributed by atoms with Gasteiger partial charge in [-0.25, -0.2) is 17.5 Å². The van der Waals surface area contributed by atoms with Gasteiger partial charge in [0.15, 0.2) is 0 Å². The van der Waals surface area contributed by atoms with Crippen LogP contribution in [0.2, 0.25) is 5.02 Å². The van der Waals surface area contributed by atoms with Crippen molar-refractivity contribution in [3.63, 3.8) is 0 Å². The van der Waals surface area contributed by atoms with Crippen molar-refractivity contribution in [2.24, 2.45) is 0 Å². The van der Waals surface area contributed by atoms with E-state index in [0.717, 1.165) is 12.1 Å². The maximum atomic E-state index is 13.7. The lowest BCUT2D eigenvalue weighted by Gasteiger charge is -2.09. The summed E-state index contributed by atoms with van der Waals surface area (Å²) >= 11 is 8.80. The van der Waals surface area contributed by atoms with Crippen molar-refractivity contribution >= 4 is 37.6 Å². The molecule has 1 rings (SSSR count). The Morgan fingerprint density at radius 3 is 2.70 bits per heavy atom. The molecule has 0 unspecified atom stereocenters. The minimum absolute atomic E-state index is 0.130. The fourth-order valence-corrected chi connectivity index (χ4v) is 3.02. The fraction of sp³-hybridized carbons (Fsp3) is 0.455. The van der Waals surface area contributed by atoms with Gasteiger partial charge in [-0.05, 0) is 28.1 Å². The molecular weight excluding hydrogens is 375 g/mol. The van der Waals surface area contributed by atoms with E-state index in [1.807, 2.05) is 0 Å². The van der Waals surface area contributed by atoms with E-state index in [0.29, 0.717) is 24.2 Å². The molecule has 0 heterocycles. The van der Waals surface area contributed by atoms with Gasteiger partial charge in [-0.2, -0.15) is 0 Å². The van der Waals surface area contributed by atoms with Crippen LogP contribution in [0.4, 0.5) is 4.39 Å². The summed E-state index contributed by atoms with van der Waals surface area (Å²) in [6, 6.07) is 2.09. The van der Waals surface area contributed by atoms with Crippen LogP contribution in [0.3, 0.4) is 0 Å². The summed E-state index contributed by atoms with van der Waals surface area (Å²) < 4.78 is 44.9. The van der Waals surface area contributed by atoms with Gasteiger partial charge in [-0.15, -0.1) is 0 Å². The number of nitrogens with one attached hydrogen (secondary N) is 2. The summed E-state index contributed by atoms with van der Waals surface area (Å²) in [6.45, 7) is 1.69. The van der Waals surface area contributed by atoms with E-state index >= 15 is 0 Å². The van der Waals surface area contributed by atoms with Crippen LogP contribution in [-0.2, 0) is 14.8 Å². The van der Waals surface area contributed by atoms with Gasteiger partial charge in [0.1, 0.15) is 10.7 Å². The average Bonchev–Trinajstić information content (AvgIpc) is 2.37. The second kappa shape index (κ2) is 8.26. The predicted octanol–water partition coefficient (Wildman–Crippen LogP) is 1.76. The van der Waals surface area contributed by atoms with Crippen molar-refractivity contribution < 1.29 is 17.5 Å². The minimum atomic E-state index is -3.92. The first-order valence-electron chi connectivity index (χ1n) is 5.72. The van der Waals surface area contributed by atoms with Gasteiger partial charge >= 0.3 is 0 Å². The monoisotopic (exact) mass is 388 g/mol. The topological polar surface area (TPSA) is 67.4 Å². The van der Waals surface area contributed by atoms with Crippen LogP contribution in [-0.4, -0.2) is 41.8 Å². The number of benzene rings is 1. The maximum absolute atomic E-state index is 13.7. The first kappa shape index (κ1) is 17.8. The number of ether oxygens (including phenoxy) is 1. The summed E-state index contributed by atoms with van der Waals surface area (Å²) in [5.41, 5.74) is 0. The predicted molar refractivity (Wildman–Crippen MR) is 79.0 cm³/mol. The van der Waals surface area contributed by atoms with Crippen molar-refractivity contribution in [1.82, 2.24) is 10.0 Å². The summed E-state index contributed by atoms with van der Waals surface area (Å²) in [6.07, 6.45) is 0. The molecule has 0 bridgehead atoms. The van der Waals surface area contributed by atoms with E-state index < -0.39 is 20.7 Å². The van der Waals surface area contributed by atoms with Crippen LogP contribution in [0.5, 0.6) is 0 Å². The van der Waals surface area contributed by atoms with Crippen LogP contribution in [0.15, 0.2) is 21.5 Å². The Hall–Kier alpha value is -0.250. The highest BCUT2D eigenvalue weighted by molar-refractivity contribution is 9.10. The Bertz CT molecular complexity index is 557. The van der Waals surface area contributed by atoms with E-state index in [4.69, 9.17) is 16.3 Å². The van der Waals surface area contributed by atoms with Crippen LogP contribution >= 0.6 is 27.5 Å². The highest BCUT2D eigenvalue weighted by Crippen LogP contribution is 2.27. The van der Waals surface area contributed by atoms with Gasteiger partial charge in [-0.1, -0.05) is 11.6 Å². The van der Waals surface area contributed by atoms with Gasteiger partial charge in [0.2, 0.25) is 10.0 Å². The lowest BCUT2D eigenvalue weighted by atomic mass is 10.3. The molecule has 0 saturated heterocycles. The molecular formula is C11H15BrClFN2O3S. The molecule has 2 N–H and O–H groups in total. The lowest BCUT2D eigenvalue weighted by Crippen LogP contribution is -2.33. The molecule has 114 valence electrons. The molecule has 0 radical (unpaired) electrons.